The molecule has 1 heterocycles. The Bertz CT molecular complexity index is 1840. The van der Waals surface area contributed by atoms with Crippen LogP contribution in [0.3, 0.4) is 0 Å². The molecule has 1 saturated heterocycles. The number of hydrogen-bond donors (Lipinski definition) is 3. The van der Waals surface area contributed by atoms with Gasteiger partial charge in [0.1, 0.15) is 0 Å². The molecule has 2 aliphatic carbocycles. The van der Waals surface area contributed by atoms with Crippen LogP contribution in [0.15, 0.2) is 48.6 Å². The maximum absolute atomic E-state index is 13.0. The lowest BCUT2D eigenvalue weighted by Gasteiger charge is -2.35. The van der Waals surface area contributed by atoms with Crippen molar-refractivity contribution in [2.75, 3.05) is 34.5 Å². The number of allylic oxidation sites excluding steroid dienone is 1. The number of nitrogens with one attached hydrogen (secondary N) is 3. The predicted octanol–water partition coefficient (Wildman–Crippen LogP) is 8.22. The van der Waals surface area contributed by atoms with Gasteiger partial charge in [0, 0.05) is 37.5 Å². The highest BCUT2D eigenvalue weighted by Gasteiger charge is 2.37. The van der Waals surface area contributed by atoms with Crippen molar-refractivity contribution in [3.8, 4) is 23.0 Å². The number of cyclic esters (lactones) is 1. The van der Waals surface area contributed by atoms with E-state index in [2.05, 4.69) is 36.4 Å². The van der Waals surface area contributed by atoms with Crippen LogP contribution in [0.1, 0.15) is 109 Å². The minimum atomic E-state index is -0.970. The smallest absolute Gasteiger partial charge is 0.412 e. The summed E-state index contributed by atoms with van der Waals surface area (Å²) in [5, 5.41) is 9.59. The summed E-state index contributed by atoms with van der Waals surface area (Å²) < 4.78 is 38.4. The highest BCUT2D eigenvalue weighted by molar-refractivity contribution is 5.76. The normalized spacial score (nSPS) is 23.8. The van der Waals surface area contributed by atoms with Crippen LogP contribution < -0.4 is 34.9 Å². The third-order valence-electron chi connectivity index (χ3n) is 12.9. The zero-order valence-electron chi connectivity index (χ0n) is 37.8. The average molecular weight is 864 g/mol. The van der Waals surface area contributed by atoms with Gasteiger partial charge in [-0.05, 0) is 125 Å². The molecule has 2 saturated carbocycles. The van der Waals surface area contributed by atoms with E-state index in [-0.39, 0.29) is 41.1 Å². The molecule has 2 unspecified atom stereocenters. The molecule has 62 heavy (non-hydrogen) atoms. The number of esters is 2. The summed E-state index contributed by atoms with van der Waals surface area (Å²) in [4.78, 5) is 51.1. The third-order valence-corrected chi connectivity index (χ3v) is 12.9. The molecule has 5 rings (SSSR count). The number of ether oxygens (including phenoxy) is 7. The quantitative estimate of drug-likeness (QED) is 0.0664. The van der Waals surface area contributed by atoms with E-state index in [0.29, 0.717) is 73.9 Å². The number of carbonyl (C=O) groups is 4. The van der Waals surface area contributed by atoms with E-state index < -0.39 is 18.5 Å². The van der Waals surface area contributed by atoms with Crippen molar-refractivity contribution in [1.29, 1.82) is 0 Å². The summed E-state index contributed by atoms with van der Waals surface area (Å²) in [5.74, 6) is 0.836. The number of amides is 2. The zero-order chi connectivity index (χ0) is 44.8. The van der Waals surface area contributed by atoms with E-state index in [9.17, 15) is 19.2 Å². The van der Waals surface area contributed by atoms with Crippen molar-refractivity contribution in [2.24, 2.45) is 23.2 Å². The Hall–Kier alpha value is -4.98. The van der Waals surface area contributed by atoms with Crippen molar-refractivity contribution in [2.45, 2.75) is 136 Å². The van der Waals surface area contributed by atoms with Crippen molar-refractivity contribution < 1.29 is 52.3 Å². The van der Waals surface area contributed by atoms with Crippen LogP contribution in [0, 0.1) is 23.2 Å². The molecule has 2 aromatic carbocycles. The monoisotopic (exact) mass is 863 g/mol. The average Bonchev–Trinajstić information content (AvgIpc) is 3.58. The molecule has 1 aliphatic heterocycles. The van der Waals surface area contributed by atoms with E-state index in [0.717, 1.165) is 74.5 Å². The van der Waals surface area contributed by atoms with Crippen LogP contribution in [0.5, 0.6) is 23.0 Å². The van der Waals surface area contributed by atoms with Crippen LogP contribution in [-0.2, 0) is 36.6 Å². The molecule has 0 radical (unpaired) electrons. The first-order valence-electron chi connectivity index (χ1n) is 22.3. The minimum Gasteiger partial charge on any atom is -0.493 e. The Morgan fingerprint density at radius 1 is 0.806 bits per heavy atom. The first-order valence-corrected chi connectivity index (χ1v) is 22.3. The molecule has 3 N–H and O–H groups in total. The number of rotatable bonds is 20. The third kappa shape index (κ3) is 14.0. The Kier molecular flexibility index (Phi) is 17.8. The molecule has 0 bridgehead atoms. The van der Waals surface area contributed by atoms with Gasteiger partial charge in [0.05, 0.1) is 39.8 Å². The highest BCUT2D eigenvalue weighted by Crippen LogP contribution is 2.36. The van der Waals surface area contributed by atoms with Crippen LogP contribution in [0.2, 0.25) is 0 Å². The van der Waals surface area contributed by atoms with Crippen molar-refractivity contribution in [3.05, 3.63) is 59.7 Å². The summed E-state index contributed by atoms with van der Waals surface area (Å²) in [7, 11) is 4.71. The number of benzene rings is 2. The van der Waals surface area contributed by atoms with E-state index in [1.54, 1.807) is 33.3 Å². The fourth-order valence-corrected chi connectivity index (χ4v) is 9.13. The Morgan fingerprint density at radius 2 is 1.39 bits per heavy atom. The topological polar surface area (TPSA) is 169 Å². The van der Waals surface area contributed by atoms with Gasteiger partial charge in [-0.2, -0.15) is 0 Å². The Morgan fingerprint density at radius 3 is 2.00 bits per heavy atom. The summed E-state index contributed by atoms with van der Waals surface area (Å²) in [6.45, 7) is 12.7. The number of hydrogen-bond acceptors (Lipinski definition) is 12. The van der Waals surface area contributed by atoms with Gasteiger partial charge in [0.25, 0.3) is 0 Å². The summed E-state index contributed by atoms with van der Waals surface area (Å²) in [6.07, 6.45) is 8.21. The fraction of sp³-hybridized carbons (Fsp3) is 0.625. The largest absolute Gasteiger partial charge is 0.493 e. The lowest BCUT2D eigenvalue weighted by Crippen LogP contribution is -2.46. The molecule has 342 valence electrons. The second kappa shape index (κ2) is 22.9. The molecule has 14 nitrogen and oxygen atoms in total. The van der Waals surface area contributed by atoms with Crippen molar-refractivity contribution in [1.82, 2.24) is 16.0 Å². The van der Waals surface area contributed by atoms with E-state index in [1.807, 2.05) is 31.2 Å². The molecule has 4 atom stereocenters. The SMILES string of the molecule is C=C(C)CC(C)(CC)CCNC(=O)OC(C)OC(=O)C1CCC(NC2CCC(NC(=O)Oc3ccc(C[C@H]4C(=O)OC[C@@H]4Cc4ccc(OC)c(OC)c4)cc3OC)CC2)CC1. The molecule has 0 spiro atoms. The van der Waals surface area contributed by atoms with Gasteiger partial charge in [-0.15, -0.1) is 6.58 Å². The maximum Gasteiger partial charge on any atom is 0.412 e. The predicted molar refractivity (Wildman–Crippen MR) is 234 cm³/mol. The first-order chi connectivity index (χ1) is 29.7. The van der Waals surface area contributed by atoms with Gasteiger partial charge in [-0.1, -0.05) is 38.0 Å². The summed E-state index contributed by atoms with van der Waals surface area (Å²) >= 11 is 0. The van der Waals surface area contributed by atoms with E-state index in [1.165, 1.54) is 7.11 Å². The van der Waals surface area contributed by atoms with Crippen LogP contribution >= 0.6 is 0 Å². The van der Waals surface area contributed by atoms with Gasteiger partial charge < -0.3 is 49.1 Å². The number of carbonyl (C=O) groups excluding carboxylic acids is 4. The first kappa shape index (κ1) is 48.1. The molecule has 0 aromatic heterocycles. The summed E-state index contributed by atoms with van der Waals surface area (Å²) in [6, 6.07) is 11.7. The molecule has 14 heteroatoms. The molecule has 3 fully saturated rings. The molecular formula is C48H69N3O11. The van der Waals surface area contributed by atoms with Crippen LogP contribution in [0.4, 0.5) is 9.59 Å². The van der Waals surface area contributed by atoms with Gasteiger partial charge in [0.2, 0.25) is 6.29 Å². The van der Waals surface area contributed by atoms with Crippen molar-refractivity contribution in [3.63, 3.8) is 0 Å². The highest BCUT2D eigenvalue weighted by atomic mass is 16.7. The standard InChI is InChI=1S/C48H69N3O11/c1-9-48(5,28-30(2)3)22-23-49-46(54)61-31(4)60-44(52)34-12-14-36(15-13-34)50-37-16-18-38(19-17-37)51-47(55)62-41-21-11-33(27-43(41)58-8)25-39-35(29-59-45(39)53)24-32-10-20-40(56-6)42(26-32)57-7/h10-11,20-21,26-27,31,34-39,50H,2,9,12-19,22-25,28-29H2,1,3-8H3,(H,49,54)(H,51,55)/t31?,34?,35-,36?,37?,38?,39+,48?/m0/s1. The molecule has 3 aliphatic rings. The van der Waals surface area contributed by atoms with Crippen LogP contribution in [0.25, 0.3) is 0 Å². The van der Waals surface area contributed by atoms with Crippen LogP contribution in [-0.4, -0.2) is 83.0 Å². The Labute approximate surface area is 367 Å². The maximum atomic E-state index is 13.0. The Balaban J connectivity index is 0.985. The second-order valence-corrected chi connectivity index (χ2v) is 17.8. The summed E-state index contributed by atoms with van der Waals surface area (Å²) in [5.41, 5.74) is 3.07. The van der Waals surface area contributed by atoms with Gasteiger partial charge in [0.15, 0.2) is 23.0 Å². The van der Waals surface area contributed by atoms with E-state index >= 15 is 0 Å². The van der Waals surface area contributed by atoms with E-state index in [4.69, 9.17) is 33.2 Å². The second-order valence-electron chi connectivity index (χ2n) is 17.8. The zero-order valence-corrected chi connectivity index (χ0v) is 37.8. The lowest BCUT2D eigenvalue weighted by atomic mass is 9.79. The fourth-order valence-electron chi connectivity index (χ4n) is 9.13. The van der Waals surface area contributed by atoms with Gasteiger partial charge in [-0.25, -0.2) is 9.59 Å². The lowest BCUT2D eigenvalue weighted by molar-refractivity contribution is -0.171. The minimum absolute atomic E-state index is 0.0170. The molecular weight excluding hydrogens is 795 g/mol. The van der Waals surface area contributed by atoms with Crippen molar-refractivity contribution >= 4 is 24.1 Å². The number of alkyl carbamates (subject to hydrolysis) is 1. The molecule has 2 aromatic rings. The van der Waals surface area contributed by atoms with Gasteiger partial charge >= 0.3 is 24.1 Å². The molecule has 2 amide bonds. The van der Waals surface area contributed by atoms with Gasteiger partial charge in [-0.3, -0.25) is 9.59 Å². The number of methoxy groups -OCH3 is 3.